The van der Waals surface area contributed by atoms with E-state index in [2.05, 4.69) is 29.4 Å². The van der Waals surface area contributed by atoms with Gasteiger partial charge in [0, 0.05) is 11.8 Å². The molecule has 24 heavy (non-hydrogen) atoms. The second kappa shape index (κ2) is 7.00. The Morgan fingerprint density at radius 1 is 1.08 bits per heavy atom. The lowest BCUT2D eigenvalue weighted by atomic mass is 10.1. The summed E-state index contributed by atoms with van der Waals surface area (Å²) >= 11 is 0. The first-order chi connectivity index (χ1) is 11.6. The number of nitrogens with one attached hydrogen (secondary N) is 2. The zero-order valence-corrected chi connectivity index (χ0v) is 13.6. The van der Waals surface area contributed by atoms with Gasteiger partial charge in [0.1, 0.15) is 11.5 Å². The van der Waals surface area contributed by atoms with Gasteiger partial charge in [0.15, 0.2) is 5.82 Å². The quantitative estimate of drug-likeness (QED) is 0.723. The maximum absolute atomic E-state index is 12.6. The smallest absolute Gasteiger partial charge is 0.260 e. The number of rotatable bonds is 5. The summed E-state index contributed by atoms with van der Waals surface area (Å²) < 4.78 is 5.82. The van der Waals surface area contributed by atoms with Crippen LogP contribution >= 0.6 is 0 Å². The van der Waals surface area contributed by atoms with E-state index < -0.39 is 0 Å². The number of amides is 1. The van der Waals surface area contributed by atoms with Crippen LogP contribution in [0.3, 0.4) is 0 Å². The number of aromatic amines is 1. The largest absolute Gasteiger partial charge is 0.457 e. The van der Waals surface area contributed by atoms with Crippen molar-refractivity contribution in [3.63, 3.8) is 0 Å². The van der Waals surface area contributed by atoms with Crippen molar-refractivity contribution in [1.29, 1.82) is 0 Å². The average molecular weight is 321 g/mol. The van der Waals surface area contributed by atoms with Crippen LogP contribution in [0.5, 0.6) is 11.5 Å². The highest BCUT2D eigenvalue weighted by atomic mass is 16.5. The minimum absolute atomic E-state index is 0.261. The third-order valence-corrected chi connectivity index (χ3v) is 3.56. The van der Waals surface area contributed by atoms with Crippen LogP contribution in [0.1, 0.15) is 35.8 Å². The summed E-state index contributed by atoms with van der Waals surface area (Å²) in [5.41, 5.74) is 1.43. The Morgan fingerprint density at radius 3 is 2.50 bits per heavy atom. The molecule has 1 aromatic heterocycles. The highest BCUT2D eigenvalue weighted by Gasteiger charge is 2.15. The normalized spacial score (nSPS) is 10.6. The SMILES string of the molecule is CC(C)c1cc(NC(=O)c2ccccc2Oc2ccccc2)n[nH]1. The first-order valence-electron chi connectivity index (χ1n) is 7.82. The van der Waals surface area contributed by atoms with E-state index in [1.165, 1.54) is 0 Å². The molecule has 0 fully saturated rings. The van der Waals surface area contributed by atoms with Crippen molar-refractivity contribution < 1.29 is 9.53 Å². The van der Waals surface area contributed by atoms with Crippen molar-refractivity contribution in [1.82, 2.24) is 10.2 Å². The van der Waals surface area contributed by atoms with Crippen LogP contribution in [0, 0.1) is 0 Å². The van der Waals surface area contributed by atoms with E-state index in [1.54, 1.807) is 18.2 Å². The number of benzene rings is 2. The van der Waals surface area contributed by atoms with Gasteiger partial charge in [-0.05, 0) is 30.2 Å². The average Bonchev–Trinajstić information content (AvgIpc) is 3.05. The van der Waals surface area contributed by atoms with Gasteiger partial charge in [0.2, 0.25) is 0 Å². The van der Waals surface area contributed by atoms with Gasteiger partial charge in [0.05, 0.1) is 5.56 Å². The fourth-order valence-electron chi connectivity index (χ4n) is 2.24. The van der Waals surface area contributed by atoms with Gasteiger partial charge in [-0.3, -0.25) is 9.89 Å². The first kappa shape index (κ1) is 15.8. The highest BCUT2D eigenvalue weighted by molar-refractivity contribution is 6.05. The maximum Gasteiger partial charge on any atom is 0.260 e. The molecule has 2 aromatic carbocycles. The van der Waals surface area contributed by atoms with Crippen LogP contribution < -0.4 is 10.1 Å². The molecule has 0 radical (unpaired) electrons. The molecule has 2 N–H and O–H groups in total. The summed E-state index contributed by atoms with van der Waals surface area (Å²) in [4.78, 5) is 12.6. The minimum Gasteiger partial charge on any atom is -0.457 e. The molecule has 0 unspecified atom stereocenters. The number of nitrogens with zero attached hydrogens (tertiary/aromatic N) is 1. The van der Waals surface area contributed by atoms with Crippen LogP contribution in [0.2, 0.25) is 0 Å². The molecule has 0 atom stereocenters. The van der Waals surface area contributed by atoms with Gasteiger partial charge in [-0.1, -0.05) is 44.2 Å². The van der Waals surface area contributed by atoms with Gasteiger partial charge in [-0.25, -0.2) is 0 Å². The molecule has 0 aliphatic heterocycles. The van der Waals surface area contributed by atoms with Crippen LogP contribution in [-0.4, -0.2) is 16.1 Å². The molecule has 3 aromatic rings. The van der Waals surface area contributed by atoms with Crippen molar-refractivity contribution in [2.45, 2.75) is 19.8 Å². The number of ether oxygens (including phenoxy) is 1. The summed E-state index contributed by atoms with van der Waals surface area (Å²) in [6.45, 7) is 4.12. The number of para-hydroxylation sites is 2. The monoisotopic (exact) mass is 321 g/mol. The summed E-state index contributed by atoms with van der Waals surface area (Å²) in [6.07, 6.45) is 0. The Labute approximate surface area is 140 Å². The van der Waals surface area contributed by atoms with Crippen LogP contribution in [-0.2, 0) is 0 Å². The second-order valence-corrected chi connectivity index (χ2v) is 5.73. The van der Waals surface area contributed by atoms with Crippen LogP contribution in [0.25, 0.3) is 0 Å². The van der Waals surface area contributed by atoms with E-state index >= 15 is 0 Å². The lowest BCUT2D eigenvalue weighted by Crippen LogP contribution is -2.13. The third kappa shape index (κ3) is 3.63. The number of carbonyl (C=O) groups is 1. The molecule has 5 nitrogen and oxygen atoms in total. The molecular weight excluding hydrogens is 302 g/mol. The van der Waals surface area contributed by atoms with Gasteiger partial charge in [-0.2, -0.15) is 5.10 Å². The first-order valence-corrected chi connectivity index (χ1v) is 7.82. The molecule has 1 amide bonds. The van der Waals surface area contributed by atoms with E-state index in [1.807, 2.05) is 42.5 Å². The van der Waals surface area contributed by atoms with E-state index in [9.17, 15) is 4.79 Å². The number of hydrogen-bond acceptors (Lipinski definition) is 3. The molecule has 5 heteroatoms. The van der Waals surface area contributed by atoms with Gasteiger partial charge in [-0.15, -0.1) is 0 Å². The van der Waals surface area contributed by atoms with Crippen molar-refractivity contribution in [3.05, 3.63) is 71.9 Å². The lowest BCUT2D eigenvalue weighted by Gasteiger charge is -2.10. The predicted molar refractivity (Wildman–Crippen MR) is 93.6 cm³/mol. The second-order valence-electron chi connectivity index (χ2n) is 5.73. The van der Waals surface area contributed by atoms with Crippen molar-refractivity contribution in [3.8, 4) is 11.5 Å². The van der Waals surface area contributed by atoms with Gasteiger partial charge < -0.3 is 10.1 Å². The summed E-state index contributed by atoms with van der Waals surface area (Å²) in [5, 5.41) is 9.84. The lowest BCUT2D eigenvalue weighted by molar-refractivity contribution is 0.102. The topological polar surface area (TPSA) is 67.0 Å². The Morgan fingerprint density at radius 2 is 1.79 bits per heavy atom. The Bertz CT molecular complexity index is 825. The number of carbonyl (C=O) groups excluding carboxylic acids is 1. The van der Waals surface area contributed by atoms with Crippen molar-refractivity contribution in [2.75, 3.05) is 5.32 Å². The summed E-state index contributed by atoms with van der Waals surface area (Å²) in [5.74, 6) is 1.74. The van der Waals surface area contributed by atoms with Gasteiger partial charge in [0.25, 0.3) is 5.91 Å². The fraction of sp³-hybridized carbons (Fsp3) is 0.158. The standard InChI is InChI=1S/C19H19N3O2/c1-13(2)16-12-18(22-21-16)20-19(23)15-10-6-7-11-17(15)24-14-8-4-3-5-9-14/h3-13H,1-2H3,(H2,20,21,22,23). The number of H-pyrrole nitrogens is 1. The van der Waals surface area contributed by atoms with E-state index in [-0.39, 0.29) is 5.91 Å². The molecule has 1 heterocycles. The molecule has 0 aliphatic rings. The molecule has 122 valence electrons. The maximum atomic E-state index is 12.6. The van der Waals surface area contributed by atoms with Gasteiger partial charge >= 0.3 is 0 Å². The zero-order valence-electron chi connectivity index (χ0n) is 13.6. The Balaban J connectivity index is 1.79. The zero-order chi connectivity index (χ0) is 16.9. The van der Waals surface area contributed by atoms with Crippen molar-refractivity contribution >= 4 is 11.7 Å². The molecule has 0 aliphatic carbocycles. The molecule has 0 bridgehead atoms. The van der Waals surface area contributed by atoms with E-state index in [4.69, 9.17) is 4.74 Å². The number of hydrogen-bond donors (Lipinski definition) is 2. The molecule has 0 saturated carbocycles. The fourth-order valence-corrected chi connectivity index (χ4v) is 2.24. The summed E-state index contributed by atoms with van der Waals surface area (Å²) in [7, 11) is 0. The van der Waals surface area contributed by atoms with E-state index in [0.29, 0.717) is 28.8 Å². The van der Waals surface area contributed by atoms with Crippen LogP contribution in [0.15, 0.2) is 60.7 Å². The third-order valence-electron chi connectivity index (χ3n) is 3.56. The van der Waals surface area contributed by atoms with E-state index in [0.717, 1.165) is 5.69 Å². The highest BCUT2D eigenvalue weighted by Crippen LogP contribution is 2.26. The summed E-state index contributed by atoms with van der Waals surface area (Å²) in [6, 6.07) is 18.3. The molecule has 0 saturated heterocycles. The number of aromatic nitrogens is 2. The number of anilines is 1. The molecular formula is C19H19N3O2. The molecule has 3 rings (SSSR count). The minimum atomic E-state index is -0.261. The molecule has 0 spiro atoms. The Hall–Kier alpha value is -3.08. The van der Waals surface area contributed by atoms with Crippen molar-refractivity contribution in [2.24, 2.45) is 0 Å². The Kier molecular flexibility index (Phi) is 4.61. The van der Waals surface area contributed by atoms with Crippen LogP contribution in [0.4, 0.5) is 5.82 Å². The predicted octanol–water partition coefficient (Wildman–Crippen LogP) is 4.58.